The molecule has 1 aromatic carbocycles. The second kappa shape index (κ2) is 6.43. The van der Waals surface area contributed by atoms with Crippen LogP contribution in [0.3, 0.4) is 0 Å². The average molecular weight is 250 g/mol. The normalized spacial score (nSPS) is 10.3. The Morgan fingerprint density at radius 2 is 1.83 bits per heavy atom. The van der Waals surface area contributed by atoms with E-state index in [4.69, 9.17) is 4.74 Å². The van der Waals surface area contributed by atoms with Crippen molar-refractivity contribution in [2.75, 3.05) is 14.2 Å². The van der Waals surface area contributed by atoms with E-state index in [2.05, 4.69) is 31.6 Å². The summed E-state index contributed by atoms with van der Waals surface area (Å²) in [5, 5.41) is 0. The first-order valence-electron chi connectivity index (χ1n) is 6.21. The SMILES string of the molecule is COC(=O)CCCc1c(C)cc(C)c(OC)c1C. The van der Waals surface area contributed by atoms with Crippen molar-refractivity contribution in [2.24, 2.45) is 0 Å². The number of ether oxygens (including phenoxy) is 2. The number of hydrogen-bond donors (Lipinski definition) is 0. The van der Waals surface area contributed by atoms with Gasteiger partial charge in [0.25, 0.3) is 0 Å². The molecule has 3 heteroatoms. The Hall–Kier alpha value is -1.51. The van der Waals surface area contributed by atoms with Gasteiger partial charge in [-0.25, -0.2) is 0 Å². The van der Waals surface area contributed by atoms with Crippen LogP contribution in [-0.4, -0.2) is 20.2 Å². The van der Waals surface area contributed by atoms with Crippen molar-refractivity contribution in [3.8, 4) is 5.75 Å². The quantitative estimate of drug-likeness (QED) is 0.753. The van der Waals surface area contributed by atoms with Gasteiger partial charge in [-0.2, -0.15) is 0 Å². The van der Waals surface area contributed by atoms with Gasteiger partial charge in [0.05, 0.1) is 14.2 Å². The van der Waals surface area contributed by atoms with Gasteiger partial charge in [-0.3, -0.25) is 4.79 Å². The molecule has 0 amide bonds. The van der Waals surface area contributed by atoms with Gasteiger partial charge in [-0.05, 0) is 55.9 Å². The molecule has 0 bridgehead atoms. The summed E-state index contributed by atoms with van der Waals surface area (Å²) in [6.07, 6.45) is 2.15. The van der Waals surface area contributed by atoms with Crippen molar-refractivity contribution in [2.45, 2.75) is 40.0 Å². The fraction of sp³-hybridized carbons (Fsp3) is 0.533. The van der Waals surface area contributed by atoms with Crippen LogP contribution in [0.1, 0.15) is 35.1 Å². The average Bonchev–Trinajstić information content (AvgIpc) is 2.33. The molecule has 0 N–H and O–H groups in total. The molecule has 0 saturated carbocycles. The number of aryl methyl sites for hydroxylation is 2. The summed E-state index contributed by atoms with van der Waals surface area (Å²) in [5.74, 6) is 0.804. The molecule has 18 heavy (non-hydrogen) atoms. The predicted molar refractivity (Wildman–Crippen MR) is 72.2 cm³/mol. The van der Waals surface area contributed by atoms with Gasteiger partial charge in [0.15, 0.2) is 0 Å². The lowest BCUT2D eigenvalue weighted by molar-refractivity contribution is -0.140. The fourth-order valence-electron chi connectivity index (χ4n) is 2.42. The lowest BCUT2D eigenvalue weighted by atomic mass is 9.94. The van der Waals surface area contributed by atoms with Crippen LogP contribution in [0, 0.1) is 20.8 Å². The Bertz CT molecular complexity index is 436. The highest BCUT2D eigenvalue weighted by atomic mass is 16.5. The third-order valence-corrected chi connectivity index (χ3v) is 3.30. The van der Waals surface area contributed by atoms with E-state index in [0.29, 0.717) is 6.42 Å². The minimum absolute atomic E-state index is 0.149. The molecule has 0 atom stereocenters. The van der Waals surface area contributed by atoms with E-state index in [-0.39, 0.29) is 5.97 Å². The molecule has 0 aromatic heterocycles. The molecular weight excluding hydrogens is 228 g/mol. The molecule has 1 rings (SSSR count). The molecule has 0 radical (unpaired) electrons. The van der Waals surface area contributed by atoms with E-state index in [9.17, 15) is 4.79 Å². The molecule has 0 aliphatic rings. The van der Waals surface area contributed by atoms with Crippen LogP contribution in [0.4, 0.5) is 0 Å². The molecule has 0 spiro atoms. The Morgan fingerprint density at radius 3 is 2.39 bits per heavy atom. The first-order chi connectivity index (χ1) is 8.51. The van der Waals surface area contributed by atoms with Crippen molar-refractivity contribution < 1.29 is 14.3 Å². The number of carbonyl (C=O) groups excluding carboxylic acids is 1. The zero-order valence-corrected chi connectivity index (χ0v) is 11.9. The zero-order chi connectivity index (χ0) is 13.7. The number of methoxy groups -OCH3 is 2. The van der Waals surface area contributed by atoms with Crippen LogP contribution in [0.2, 0.25) is 0 Å². The van der Waals surface area contributed by atoms with E-state index >= 15 is 0 Å². The fourth-order valence-corrected chi connectivity index (χ4v) is 2.42. The van der Waals surface area contributed by atoms with Gasteiger partial charge in [-0.1, -0.05) is 6.07 Å². The van der Waals surface area contributed by atoms with Gasteiger partial charge in [0, 0.05) is 6.42 Å². The molecule has 0 fully saturated rings. The summed E-state index contributed by atoms with van der Waals surface area (Å²) in [7, 11) is 3.12. The highest BCUT2D eigenvalue weighted by Gasteiger charge is 2.11. The molecular formula is C15H22O3. The van der Waals surface area contributed by atoms with Gasteiger partial charge in [-0.15, -0.1) is 0 Å². The Morgan fingerprint density at radius 1 is 1.17 bits per heavy atom. The summed E-state index contributed by atoms with van der Waals surface area (Å²) in [6.45, 7) is 6.23. The van der Waals surface area contributed by atoms with Crippen LogP contribution in [0.15, 0.2) is 6.07 Å². The summed E-state index contributed by atoms with van der Waals surface area (Å²) in [6, 6.07) is 2.14. The molecule has 0 aliphatic carbocycles. The van der Waals surface area contributed by atoms with Crippen LogP contribution in [0.5, 0.6) is 5.75 Å². The Kier molecular flexibility index (Phi) is 5.20. The summed E-state index contributed by atoms with van der Waals surface area (Å²) in [5.41, 5.74) is 4.88. The summed E-state index contributed by atoms with van der Waals surface area (Å²) in [4.78, 5) is 11.1. The smallest absolute Gasteiger partial charge is 0.305 e. The van der Waals surface area contributed by atoms with Crippen molar-refractivity contribution in [3.63, 3.8) is 0 Å². The van der Waals surface area contributed by atoms with Crippen molar-refractivity contribution in [1.82, 2.24) is 0 Å². The number of benzene rings is 1. The number of esters is 1. The maximum Gasteiger partial charge on any atom is 0.305 e. The van der Waals surface area contributed by atoms with Gasteiger partial charge in [0.1, 0.15) is 5.75 Å². The summed E-state index contributed by atoms with van der Waals surface area (Å²) < 4.78 is 10.1. The molecule has 0 aliphatic heterocycles. The lowest BCUT2D eigenvalue weighted by Crippen LogP contribution is -2.03. The van der Waals surface area contributed by atoms with Gasteiger partial charge < -0.3 is 9.47 Å². The van der Waals surface area contributed by atoms with E-state index in [1.165, 1.54) is 23.8 Å². The van der Waals surface area contributed by atoms with Crippen LogP contribution in [-0.2, 0) is 16.0 Å². The number of hydrogen-bond acceptors (Lipinski definition) is 3. The topological polar surface area (TPSA) is 35.5 Å². The Balaban J connectivity index is 2.85. The predicted octanol–water partition coefficient (Wildman–Crippen LogP) is 3.12. The largest absolute Gasteiger partial charge is 0.496 e. The second-order valence-electron chi connectivity index (χ2n) is 4.58. The third-order valence-electron chi connectivity index (χ3n) is 3.30. The first-order valence-corrected chi connectivity index (χ1v) is 6.21. The zero-order valence-electron chi connectivity index (χ0n) is 11.9. The molecule has 3 nitrogen and oxygen atoms in total. The first kappa shape index (κ1) is 14.6. The second-order valence-corrected chi connectivity index (χ2v) is 4.58. The lowest BCUT2D eigenvalue weighted by Gasteiger charge is -2.16. The van der Waals surface area contributed by atoms with Crippen molar-refractivity contribution in [3.05, 3.63) is 28.3 Å². The molecule has 100 valence electrons. The maximum atomic E-state index is 11.1. The Labute approximate surface area is 109 Å². The number of rotatable bonds is 5. The molecule has 1 aromatic rings. The minimum Gasteiger partial charge on any atom is -0.496 e. The molecule has 0 unspecified atom stereocenters. The maximum absolute atomic E-state index is 11.1. The van der Waals surface area contributed by atoms with Crippen LogP contribution < -0.4 is 4.74 Å². The molecule has 0 heterocycles. The van der Waals surface area contributed by atoms with Crippen LogP contribution in [0.25, 0.3) is 0 Å². The van der Waals surface area contributed by atoms with Gasteiger partial charge >= 0.3 is 5.97 Å². The standard InChI is InChI=1S/C15H22O3/c1-10-9-11(2)15(18-5)12(3)13(10)7-6-8-14(16)17-4/h9H,6-8H2,1-5H3. The van der Waals surface area contributed by atoms with Crippen molar-refractivity contribution in [1.29, 1.82) is 0 Å². The number of carbonyl (C=O) groups is 1. The highest BCUT2D eigenvalue weighted by molar-refractivity contribution is 5.69. The highest BCUT2D eigenvalue weighted by Crippen LogP contribution is 2.29. The monoisotopic (exact) mass is 250 g/mol. The van der Waals surface area contributed by atoms with Crippen molar-refractivity contribution >= 4 is 5.97 Å². The minimum atomic E-state index is -0.149. The third kappa shape index (κ3) is 3.25. The van der Waals surface area contributed by atoms with Gasteiger partial charge in [0.2, 0.25) is 0 Å². The van der Waals surface area contributed by atoms with E-state index in [0.717, 1.165) is 24.2 Å². The van der Waals surface area contributed by atoms with Crippen LogP contribution >= 0.6 is 0 Å². The molecule has 0 saturated heterocycles. The van der Waals surface area contributed by atoms with E-state index < -0.39 is 0 Å². The van der Waals surface area contributed by atoms with E-state index in [1.54, 1.807) is 7.11 Å². The summed E-state index contributed by atoms with van der Waals surface area (Å²) >= 11 is 0. The van der Waals surface area contributed by atoms with E-state index in [1.807, 2.05) is 0 Å².